The Labute approximate surface area is 115 Å². The van der Waals surface area contributed by atoms with Crippen LogP contribution >= 0.6 is 0 Å². The molecule has 1 aliphatic rings. The van der Waals surface area contributed by atoms with Crippen LogP contribution in [0.4, 0.5) is 11.6 Å². The summed E-state index contributed by atoms with van der Waals surface area (Å²) in [6, 6.07) is 0.373. The Balaban J connectivity index is 1.94. The number of piperidine rings is 1. The van der Waals surface area contributed by atoms with Gasteiger partial charge >= 0.3 is 0 Å². The predicted molar refractivity (Wildman–Crippen MR) is 79.2 cm³/mol. The van der Waals surface area contributed by atoms with Gasteiger partial charge in [-0.25, -0.2) is 9.97 Å². The topological polar surface area (TPSA) is 67.1 Å². The maximum absolute atomic E-state index is 5.89. The van der Waals surface area contributed by atoms with Gasteiger partial charge in [0.15, 0.2) is 0 Å². The van der Waals surface area contributed by atoms with Crippen LogP contribution in [0.2, 0.25) is 0 Å². The van der Waals surface area contributed by atoms with Crippen molar-refractivity contribution in [1.29, 1.82) is 0 Å². The van der Waals surface area contributed by atoms with Crippen LogP contribution in [0.25, 0.3) is 0 Å². The van der Waals surface area contributed by atoms with Crippen LogP contribution in [0.5, 0.6) is 0 Å². The Morgan fingerprint density at radius 1 is 1.32 bits per heavy atom. The van der Waals surface area contributed by atoms with Crippen LogP contribution in [-0.2, 0) is 6.42 Å². The molecule has 5 heteroatoms. The van der Waals surface area contributed by atoms with E-state index in [0.717, 1.165) is 24.3 Å². The van der Waals surface area contributed by atoms with Crippen molar-refractivity contribution in [2.24, 2.45) is 0 Å². The summed E-state index contributed by atoms with van der Waals surface area (Å²) in [5, 5.41) is 3.48. The zero-order chi connectivity index (χ0) is 13.7. The molecule has 0 aromatic carbocycles. The maximum atomic E-state index is 5.89. The first-order chi connectivity index (χ1) is 9.20. The normalized spacial score (nSPS) is 18.2. The average Bonchev–Trinajstić information content (AvgIpc) is 2.40. The maximum Gasteiger partial charge on any atom is 0.134 e. The Bertz CT molecular complexity index is 401. The van der Waals surface area contributed by atoms with Gasteiger partial charge in [0.2, 0.25) is 0 Å². The molecule has 1 aromatic rings. The van der Waals surface area contributed by atoms with Crippen molar-refractivity contribution in [3.05, 3.63) is 11.9 Å². The highest BCUT2D eigenvalue weighted by atomic mass is 15.2. The fourth-order valence-electron chi connectivity index (χ4n) is 2.71. The molecule has 5 nitrogen and oxygen atoms in total. The molecule has 2 heterocycles. The fraction of sp³-hybridized carbons (Fsp3) is 0.714. The summed E-state index contributed by atoms with van der Waals surface area (Å²) in [5.41, 5.74) is 6.91. The summed E-state index contributed by atoms with van der Waals surface area (Å²) >= 11 is 0. The van der Waals surface area contributed by atoms with E-state index in [4.69, 9.17) is 5.73 Å². The van der Waals surface area contributed by atoms with Crippen molar-refractivity contribution in [3.8, 4) is 0 Å². The first kappa shape index (κ1) is 14.1. The van der Waals surface area contributed by atoms with Crippen LogP contribution in [-0.4, -0.2) is 40.5 Å². The summed E-state index contributed by atoms with van der Waals surface area (Å²) in [5.74, 6) is 1.48. The zero-order valence-electron chi connectivity index (χ0n) is 12.0. The van der Waals surface area contributed by atoms with Gasteiger partial charge in [-0.2, -0.15) is 0 Å². The molecule has 0 bridgehead atoms. The number of rotatable bonds is 5. The van der Waals surface area contributed by atoms with Crippen molar-refractivity contribution in [3.63, 3.8) is 0 Å². The molecule has 2 rings (SSSR count). The minimum atomic E-state index is 0.373. The molecule has 3 N–H and O–H groups in total. The van der Waals surface area contributed by atoms with E-state index in [9.17, 15) is 0 Å². The standard InChI is InChI=1S/C14H25N5/c1-3-12-13(15)16-10-17-14(12)18-11(2)9-19-7-5-4-6-8-19/h10-11H,3-9H2,1-2H3,(H3,15,16,17,18). The van der Waals surface area contributed by atoms with E-state index in [1.807, 2.05) is 0 Å². The highest BCUT2D eigenvalue weighted by Crippen LogP contribution is 2.19. The van der Waals surface area contributed by atoms with Gasteiger partial charge in [-0.15, -0.1) is 0 Å². The minimum Gasteiger partial charge on any atom is -0.383 e. The van der Waals surface area contributed by atoms with Crippen molar-refractivity contribution in [1.82, 2.24) is 14.9 Å². The molecule has 0 amide bonds. The molecule has 106 valence electrons. The number of hydrogen-bond donors (Lipinski definition) is 2. The monoisotopic (exact) mass is 263 g/mol. The number of aromatic nitrogens is 2. The molecule has 0 aliphatic carbocycles. The van der Waals surface area contributed by atoms with Gasteiger partial charge < -0.3 is 16.0 Å². The molecule has 1 fully saturated rings. The molecule has 1 aliphatic heterocycles. The van der Waals surface area contributed by atoms with E-state index in [-0.39, 0.29) is 0 Å². The number of nitrogens with one attached hydrogen (secondary N) is 1. The molecule has 1 aromatic heterocycles. The van der Waals surface area contributed by atoms with E-state index >= 15 is 0 Å². The van der Waals surface area contributed by atoms with Crippen LogP contribution < -0.4 is 11.1 Å². The van der Waals surface area contributed by atoms with Gasteiger partial charge in [-0.05, 0) is 39.3 Å². The third kappa shape index (κ3) is 3.80. The van der Waals surface area contributed by atoms with E-state index < -0.39 is 0 Å². The molecule has 1 unspecified atom stereocenters. The van der Waals surface area contributed by atoms with Gasteiger partial charge in [0.1, 0.15) is 18.0 Å². The average molecular weight is 263 g/mol. The highest BCUT2D eigenvalue weighted by molar-refractivity contribution is 5.55. The van der Waals surface area contributed by atoms with Crippen molar-refractivity contribution in [2.45, 2.75) is 45.6 Å². The van der Waals surface area contributed by atoms with E-state index in [2.05, 4.69) is 34.0 Å². The summed E-state index contributed by atoms with van der Waals surface area (Å²) in [6.45, 7) is 7.78. The summed E-state index contributed by atoms with van der Waals surface area (Å²) in [4.78, 5) is 10.9. The molecule has 19 heavy (non-hydrogen) atoms. The smallest absolute Gasteiger partial charge is 0.134 e. The first-order valence-electron chi connectivity index (χ1n) is 7.29. The lowest BCUT2D eigenvalue weighted by Gasteiger charge is -2.29. The predicted octanol–water partition coefficient (Wildman–Crippen LogP) is 1.91. The van der Waals surface area contributed by atoms with Gasteiger partial charge in [-0.3, -0.25) is 0 Å². The molecule has 0 spiro atoms. The summed E-state index contributed by atoms with van der Waals surface area (Å²) < 4.78 is 0. The van der Waals surface area contributed by atoms with Gasteiger partial charge in [0, 0.05) is 18.2 Å². The zero-order valence-corrected chi connectivity index (χ0v) is 12.0. The number of nitrogens with zero attached hydrogens (tertiary/aromatic N) is 3. The lowest BCUT2D eigenvalue weighted by Crippen LogP contribution is -2.38. The Kier molecular flexibility index (Phi) is 4.96. The third-order valence-electron chi connectivity index (χ3n) is 3.70. The van der Waals surface area contributed by atoms with E-state index in [1.54, 1.807) is 0 Å². The Morgan fingerprint density at radius 3 is 2.74 bits per heavy atom. The summed E-state index contributed by atoms with van der Waals surface area (Å²) in [6.07, 6.45) is 6.41. The van der Waals surface area contributed by atoms with Crippen molar-refractivity contribution < 1.29 is 0 Å². The van der Waals surface area contributed by atoms with Gasteiger partial charge in [0.05, 0.1) is 0 Å². The second-order valence-electron chi connectivity index (χ2n) is 5.35. The van der Waals surface area contributed by atoms with Crippen LogP contribution in [0.1, 0.15) is 38.7 Å². The van der Waals surface area contributed by atoms with Crippen molar-refractivity contribution >= 4 is 11.6 Å². The molecule has 1 atom stereocenters. The molecule has 1 saturated heterocycles. The fourth-order valence-corrected chi connectivity index (χ4v) is 2.71. The number of nitrogens with two attached hydrogens (primary N) is 1. The molecule has 0 radical (unpaired) electrons. The second kappa shape index (κ2) is 6.70. The molecule has 0 saturated carbocycles. The molecular weight excluding hydrogens is 238 g/mol. The lowest BCUT2D eigenvalue weighted by atomic mass is 10.1. The first-order valence-corrected chi connectivity index (χ1v) is 7.29. The van der Waals surface area contributed by atoms with Gasteiger partial charge in [-0.1, -0.05) is 13.3 Å². The third-order valence-corrected chi connectivity index (χ3v) is 3.70. The number of hydrogen-bond acceptors (Lipinski definition) is 5. The Hall–Kier alpha value is -1.36. The molecular formula is C14H25N5. The quantitative estimate of drug-likeness (QED) is 0.849. The minimum absolute atomic E-state index is 0.373. The van der Waals surface area contributed by atoms with Crippen molar-refractivity contribution in [2.75, 3.05) is 30.7 Å². The second-order valence-corrected chi connectivity index (χ2v) is 5.35. The number of anilines is 2. The van der Waals surface area contributed by atoms with Crippen LogP contribution in [0.15, 0.2) is 6.33 Å². The SMILES string of the molecule is CCc1c(N)ncnc1NC(C)CN1CCCCC1. The van der Waals surface area contributed by atoms with Gasteiger partial charge in [0.25, 0.3) is 0 Å². The van der Waals surface area contributed by atoms with E-state index in [1.165, 1.54) is 38.7 Å². The highest BCUT2D eigenvalue weighted by Gasteiger charge is 2.15. The van der Waals surface area contributed by atoms with Crippen LogP contribution in [0.3, 0.4) is 0 Å². The van der Waals surface area contributed by atoms with Crippen LogP contribution in [0, 0.1) is 0 Å². The summed E-state index contributed by atoms with van der Waals surface area (Å²) in [7, 11) is 0. The lowest BCUT2D eigenvalue weighted by molar-refractivity contribution is 0.223. The largest absolute Gasteiger partial charge is 0.383 e. The Morgan fingerprint density at radius 2 is 2.05 bits per heavy atom. The number of nitrogen functional groups attached to an aromatic ring is 1. The number of likely N-dealkylation sites (tertiary alicyclic amines) is 1. The van der Waals surface area contributed by atoms with E-state index in [0.29, 0.717) is 11.9 Å².